The maximum atomic E-state index is 12.8. The number of halogens is 2. The van der Waals surface area contributed by atoms with Gasteiger partial charge in [-0.25, -0.2) is 0 Å². The van der Waals surface area contributed by atoms with Crippen LogP contribution in [0.2, 0.25) is 10.0 Å². The molecule has 29 heavy (non-hydrogen) atoms. The fourth-order valence-corrected chi connectivity index (χ4v) is 3.74. The van der Waals surface area contributed by atoms with E-state index < -0.39 is 0 Å². The van der Waals surface area contributed by atoms with Crippen LogP contribution in [0.5, 0.6) is 11.5 Å². The van der Waals surface area contributed by atoms with Crippen LogP contribution in [0.15, 0.2) is 42.5 Å². The molecule has 7 heteroatoms. The van der Waals surface area contributed by atoms with Crippen LogP contribution < -0.4 is 10.1 Å². The zero-order valence-corrected chi connectivity index (χ0v) is 18.0. The Morgan fingerprint density at radius 3 is 2.41 bits per heavy atom. The van der Waals surface area contributed by atoms with Crippen LogP contribution in [0.25, 0.3) is 0 Å². The van der Waals surface area contributed by atoms with Crippen molar-refractivity contribution in [1.82, 2.24) is 4.90 Å². The molecule has 1 heterocycles. The predicted molar refractivity (Wildman–Crippen MR) is 116 cm³/mol. The lowest BCUT2D eigenvalue weighted by molar-refractivity contribution is -0.137. The minimum atomic E-state index is -0.140. The van der Waals surface area contributed by atoms with Gasteiger partial charge in [0.25, 0.3) is 0 Å². The van der Waals surface area contributed by atoms with Crippen LogP contribution in [-0.2, 0) is 9.59 Å². The van der Waals surface area contributed by atoms with Gasteiger partial charge in [-0.2, -0.15) is 0 Å². The topological polar surface area (TPSA) is 58.6 Å². The second-order valence-corrected chi connectivity index (χ2v) is 8.26. The molecule has 2 amide bonds. The Kier molecular flexibility index (Phi) is 7.04. The first-order valence-corrected chi connectivity index (χ1v) is 10.4. The average molecular weight is 435 g/mol. The van der Waals surface area contributed by atoms with Crippen molar-refractivity contribution in [3.63, 3.8) is 0 Å². The number of rotatable bonds is 5. The smallest absolute Gasteiger partial charge is 0.227 e. The van der Waals surface area contributed by atoms with E-state index in [9.17, 15) is 9.59 Å². The maximum Gasteiger partial charge on any atom is 0.227 e. The molecule has 5 nitrogen and oxygen atoms in total. The summed E-state index contributed by atoms with van der Waals surface area (Å²) in [5.41, 5.74) is 0.573. The molecule has 1 fully saturated rings. The molecule has 0 spiro atoms. The van der Waals surface area contributed by atoms with Gasteiger partial charge in [-0.15, -0.1) is 0 Å². The maximum absolute atomic E-state index is 12.8. The van der Waals surface area contributed by atoms with E-state index in [0.29, 0.717) is 53.2 Å². The quantitative estimate of drug-likeness (QED) is 0.663. The number of nitrogens with zero attached hydrogens (tertiary/aromatic N) is 1. The molecule has 3 rings (SSSR count). The molecular weight excluding hydrogens is 411 g/mol. The Bertz CT molecular complexity index is 893. The molecule has 2 aromatic rings. The van der Waals surface area contributed by atoms with Gasteiger partial charge in [-0.1, -0.05) is 49.2 Å². The number of carbonyl (C=O) groups is 2. The van der Waals surface area contributed by atoms with E-state index in [2.05, 4.69) is 5.32 Å². The van der Waals surface area contributed by atoms with Crippen molar-refractivity contribution < 1.29 is 14.3 Å². The van der Waals surface area contributed by atoms with Crippen LogP contribution in [0.4, 0.5) is 5.69 Å². The number of para-hydroxylation sites is 2. The predicted octanol–water partition coefficient (Wildman–Crippen LogP) is 5.62. The Labute approximate surface area is 180 Å². The molecule has 1 aliphatic rings. The number of benzene rings is 2. The summed E-state index contributed by atoms with van der Waals surface area (Å²) in [5.74, 6) is 0.862. The third-order valence-corrected chi connectivity index (χ3v) is 5.46. The lowest BCUT2D eigenvalue weighted by atomic mass is 9.95. The van der Waals surface area contributed by atoms with Crippen LogP contribution in [0.1, 0.15) is 26.7 Å². The molecule has 0 saturated carbocycles. The minimum Gasteiger partial charge on any atom is -0.454 e. The zero-order valence-electron chi connectivity index (χ0n) is 16.5. The van der Waals surface area contributed by atoms with Gasteiger partial charge < -0.3 is 15.0 Å². The largest absolute Gasteiger partial charge is 0.454 e. The number of hydrogen-bond acceptors (Lipinski definition) is 3. The van der Waals surface area contributed by atoms with Crippen molar-refractivity contribution in [2.75, 3.05) is 18.4 Å². The van der Waals surface area contributed by atoms with Crippen LogP contribution >= 0.6 is 23.2 Å². The van der Waals surface area contributed by atoms with Crippen molar-refractivity contribution >= 4 is 40.7 Å². The van der Waals surface area contributed by atoms with Crippen molar-refractivity contribution in [3.05, 3.63) is 52.5 Å². The van der Waals surface area contributed by atoms with Crippen molar-refractivity contribution in [2.24, 2.45) is 11.8 Å². The van der Waals surface area contributed by atoms with Gasteiger partial charge >= 0.3 is 0 Å². The number of piperidine rings is 1. The van der Waals surface area contributed by atoms with Crippen molar-refractivity contribution in [1.29, 1.82) is 0 Å². The van der Waals surface area contributed by atoms with E-state index in [0.717, 1.165) is 0 Å². The molecule has 0 aromatic heterocycles. The van der Waals surface area contributed by atoms with Gasteiger partial charge in [0.2, 0.25) is 11.8 Å². The summed E-state index contributed by atoms with van der Waals surface area (Å²) >= 11 is 12.1. The first-order valence-electron chi connectivity index (χ1n) is 9.66. The van der Waals surface area contributed by atoms with E-state index in [1.54, 1.807) is 30.3 Å². The Morgan fingerprint density at radius 2 is 1.76 bits per heavy atom. The molecule has 1 N–H and O–H groups in total. The Morgan fingerprint density at radius 1 is 1.07 bits per heavy atom. The normalized spacial score (nSPS) is 14.7. The molecule has 0 radical (unpaired) electrons. The summed E-state index contributed by atoms with van der Waals surface area (Å²) in [6.07, 6.45) is 1.30. The number of likely N-dealkylation sites (tertiary alicyclic amines) is 1. The fourth-order valence-electron chi connectivity index (χ4n) is 3.30. The van der Waals surface area contributed by atoms with Crippen LogP contribution in [0, 0.1) is 11.8 Å². The van der Waals surface area contributed by atoms with E-state index >= 15 is 0 Å². The number of anilines is 1. The lowest BCUT2D eigenvalue weighted by Crippen LogP contribution is -2.43. The van der Waals surface area contributed by atoms with Gasteiger partial charge in [0, 0.05) is 29.9 Å². The van der Waals surface area contributed by atoms with Gasteiger partial charge in [0.05, 0.1) is 10.7 Å². The molecule has 1 aliphatic heterocycles. The van der Waals surface area contributed by atoms with E-state index in [1.165, 1.54) is 0 Å². The molecule has 154 valence electrons. The third kappa shape index (κ3) is 5.43. The van der Waals surface area contributed by atoms with Gasteiger partial charge in [-0.3, -0.25) is 9.59 Å². The first-order chi connectivity index (χ1) is 13.8. The lowest BCUT2D eigenvalue weighted by Gasteiger charge is -2.32. The average Bonchev–Trinajstić information content (AvgIpc) is 2.71. The van der Waals surface area contributed by atoms with Crippen molar-refractivity contribution in [3.8, 4) is 11.5 Å². The zero-order chi connectivity index (χ0) is 21.0. The molecule has 0 atom stereocenters. The van der Waals surface area contributed by atoms with Crippen LogP contribution in [0.3, 0.4) is 0 Å². The highest BCUT2D eigenvalue weighted by Crippen LogP contribution is 2.35. The highest BCUT2D eigenvalue weighted by molar-refractivity contribution is 6.35. The summed E-state index contributed by atoms with van der Waals surface area (Å²) in [4.78, 5) is 26.7. The third-order valence-electron chi connectivity index (χ3n) is 4.93. The summed E-state index contributed by atoms with van der Waals surface area (Å²) < 4.78 is 5.90. The molecule has 0 unspecified atom stereocenters. The van der Waals surface area contributed by atoms with Gasteiger partial charge in [0.15, 0.2) is 5.75 Å². The summed E-state index contributed by atoms with van der Waals surface area (Å²) in [7, 11) is 0. The highest BCUT2D eigenvalue weighted by Gasteiger charge is 2.28. The Hall–Kier alpha value is -2.24. The van der Waals surface area contributed by atoms with Gasteiger partial charge in [0.1, 0.15) is 5.75 Å². The molecule has 0 bridgehead atoms. The summed E-state index contributed by atoms with van der Waals surface area (Å²) in [6, 6.07) is 12.2. The highest BCUT2D eigenvalue weighted by atomic mass is 35.5. The number of amides is 2. The summed E-state index contributed by atoms with van der Waals surface area (Å²) in [5, 5.41) is 3.87. The van der Waals surface area contributed by atoms with E-state index in [-0.39, 0.29) is 23.7 Å². The van der Waals surface area contributed by atoms with E-state index in [4.69, 9.17) is 27.9 Å². The molecule has 1 saturated heterocycles. The van der Waals surface area contributed by atoms with Gasteiger partial charge in [-0.05, 0) is 43.2 Å². The van der Waals surface area contributed by atoms with E-state index in [1.807, 2.05) is 30.9 Å². The SMILES string of the molecule is CC(C)C(=O)N1CCC(C(=O)Nc2ccccc2Oc2ccc(Cl)cc2Cl)CC1. The number of ether oxygens (including phenoxy) is 1. The standard InChI is InChI=1S/C22H24Cl2N2O3/c1-14(2)22(28)26-11-9-15(10-12-26)21(27)25-18-5-3-4-6-20(18)29-19-8-7-16(23)13-17(19)24/h3-8,13-15H,9-12H2,1-2H3,(H,25,27). The Balaban J connectivity index is 1.65. The molecular formula is C22H24Cl2N2O3. The second kappa shape index (κ2) is 9.51. The van der Waals surface area contributed by atoms with Crippen LogP contribution in [-0.4, -0.2) is 29.8 Å². The second-order valence-electron chi connectivity index (χ2n) is 7.42. The number of hydrogen-bond donors (Lipinski definition) is 1. The molecule has 2 aromatic carbocycles. The minimum absolute atomic E-state index is 0.0240. The number of nitrogens with one attached hydrogen (secondary N) is 1. The molecule has 0 aliphatic carbocycles. The number of carbonyl (C=O) groups excluding carboxylic acids is 2. The van der Waals surface area contributed by atoms with Crippen molar-refractivity contribution in [2.45, 2.75) is 26.7 Å². The summed E-state index contributed by atoms with van der Waals surface area (Å²) in [6.45, 7) is 5.00. The monoisotopic (exact) mass is 434 g/mol. The fraction of sp³-hybridized carbons (Fsp3) is 0.364. The first kappa shape index (κ1) is 21.5.